The number of aliphatic hydroxyl groups excluding tert-OH is 1. The molecule has 1 heterocycles. The van der Waals surface area contributed by atoms with Gasteiger partial charge in [0.05, 0.1) is 12.7 Å². The molecule has 0 radical (unpaired) electrons. The Morgan fingerprint density at radius 3 is 2.90 bits per heavy atom. The van der Waals surface area contributed by atoms with Crippen molar-refractivity contribution in [2.75, 3.05) is 6.61 Å². The molecule has 21 heavy (non-hydrogen) atoms. The van der Waals surface area contributed by atoms with Crippen LogP contribution in [-0.4, -0.2) is 11.7 Å². The molecule has 1 N–H and O–H groups in total. The van der Waals surface area contributed by atoms with Gasteiger partial charge in [0.15, 0.2) is 0 Å². The van der Waals surface area contributed by atoms with Crippen molar-refractivity contribution in [2.24, 2.45) is 0 Å². The van der Waals surface area contributed by atoms with Gasteiger partial charge in [0.1, 0.15) is 11.6 Å². The molecule has 0 saturated heterocycles. The monoisotopic (exact) mass is 370 g/mol. The summed E-state index contributed by atoms with van der Waals surface area (Å²) >= 11 is 9.47. The fourth-order valence-corrected chi connectivity index (χ4v) is 3.43. The van der Waals surface area contributed by atoms with Gasteiger partial charge in [-0.2, -0.15) is 0 Å². The fraction of sp³-hybridized carbons (Fsp3) is 0.250. The highest BCUT2D eigenvalue weighted by Gasteiger charge is 2.21. The van der Waals surface area contributed by atoms with Crippen molar-refractivity contribution in [3.63, 3.8) is 0 Å². The third-order valence-electron chi connectivity index (χ3n) is 3.56. The highest BCUT2D eigenvalue weighted by Crippen LogP contribution is 2.36. The molecule has 1 aliphatic heterocycles. The smallest absolute Gasteiger partial charge is 0.125 e. The highest BCUT2D eigenvalue weighted by molar-refractivity contribution is 9.10. The molecule has 3 rings (SSSR count). The summed E-state index contributed by atoms with van der Waals surface area (Å²) in [5.74, 6) is 0.429. The Morgan fingerprint density at radius 2 is 2.14 bits per heavy atom. The average Bonchev–Trinajstić information content (AvgIpc) is 2.86. The quantitative estimate of drug-likeness (QED) is 0.863. The van der Waals surface area contributed by atoms with E-state index in [9.17, 15) is 9.50 Å². The molecule has 5 heteroatoms. The van der Waals surface area contributed by atoms with Crippen LogP contribution in [0, 0.1) is 5.82 Å². The van der Waals surface area contributed by atoms with Gasteiger partial charge in [0.2, 0.25) is 0 Å². The Hall–Kier alpha value is -1.10. The van der Waals surface area contributed by atoms with Gasteiger partial charge < -0.3 is 9.84 Å². The zero-order chi connectivity index (χ0) is 15.0. The summed E-state index contributed by atoms with van der Waals surface area (Å²) in [4.78, 5) is 0. The highest BCUT2D eigenvalue weighted by atomic mass is 79.9. The SMILES string of the molecule is OC(Cc1cc(Br)cc2c1OCC2)c1ccc(F)cc1Cl. The predicted molar refractivity (Wildman–Crippen MR) is 83.4 cm³/mol. The first kappa shape index (κ1) is 14.8. The molecule has 0 spiro atoms. The van der Waals surface area contributed by atoms with Gasteiger partial charge in [0.25, 0.3) is 0 Å². The van der Waals surface area contributed by atoms with Crippen LogP contribution in [0.3, 0.4) is 0 Å². The maximum atomic E-state index is 13.1. The number of aliphatic hydroxyl groups is 1. The molecule has 2 nitrogen and oxygen atoms in total. The Bertz CT molecular complexity index is 690. The summed E-state index contributed by atoms with van der Waals surface area (Å²) in [5, 5.41) is 10.6. The summed E-state index contributed by atoms with van der Waals surface area (Å²) in [7, 11) is 0. The summed E-state index contributed by atoms with van der Waals surface area (Å²) in [5.41, 5.74) is 2.58. The van der Waals surface area contributed by atoms with E-state index in [4.69, 9.17) is 16.3 Å². The van der Waals surface area contributed by atoms with E-state index in [1.54, 1.807) is 0 Å². The van der Waals surface area contributed by atoms with Crippen LogP contribution < -0.4 is 4.74 Å². The van der Waals surface area contributed by atoms with Crippen LogP contribution in [0.25, 0.3) is 0 Å². The zero-order valence-electron chi connectivity index (χ0n) is 11.1. The Kier molecular flexibility index (Phi) is 4.20. The van der Waals surface area contributed by atoms with Crippen molar-refractivity contribution in [2.45, 2.75) is 18.9 Å². The second-order valence-electron chi connectivity index (χ2n) is 5.04. The molecule has 1 unspecified atom stereocenters. The molecule has 0 aliphatic carbocycles. The molecule has 0 bridgehead atoms. The Balaban J connectivity index is 1.90. The lowest BCUT2D eigenvalue weighted by molar-refractivity contribution is 0.177. The maximum Gasteiger partial charge on any atom is 0.125 e. The van der Waals surface area contributed by atoms with Crippen LogP contribution in [-0.2, 0) is 12.8 Å². The molecule has 1 atom stereocenters. The predicted octanol–water partition coefficient (Wildman–Crippen LogP) is 4.45. The van der Waals surface area contributed by atoms with Crippen LogP contribution in [0.15, 0.2) is 34.8 Å². The number of rotatable bonds is 3. The van der Waals surface area contributed by atoms with Gasteiger partial charge in [-0.1, -0.05) is 33.6 Å². The summed E-state index contributed by atoms with van der Waals surface area (Å²) in [6, 6.07) is 7.99. The van der Waals surface area contributed by atoms with E-state index in [2.05, 4.69) is 15.9 Å². The second kappa shape index (κ2) is 5.95. The van der Waals surface area contributed by atoms with E-state index in [1.807, 2.05) is 12.1 Å². The van der Waals surface area contributed by atoms with Gasteiger partial charge in [0, 0.05) is 22.3 Å². The van der Waals surface area contributed by atoms with Crippen molar-refractivity contribution >= 4 is 27.5 Å². The Labute approximate surface area is 135 Å². The number of ether oxygens (including phenoxy) is 1. The van der Waals surface area contributed by atoms with Crippen molar-refractivity contribution < 1.29 is 14.2 Å². The van der Waals surface area contributed by atoms with E-state index in [0.29, 0.717) is 18.6 Å². The lowest BCUT2D eigenvalue weighted by atomic mass is 9.98. The summed E-state index contributed by atoms with van der Waals surface area (Å²) < 4.78 is 19.7. The first-order valence-electron chi connectivity index (χ1n) is 6.61. The second-order valence-corrected chi connectivity index (χ2v) is 6.36. The van der Waals surface area contributed by atoms with Gasteiger partial charge >= 0.3 is 0 Å². The lowest BCUT2D eigenvalue weighted by Gasteiger charge is -2.15. The lowest BCUT2D eigenvalue weighted by Crippen LogP contribution is -2.04. The van der Waals surface area contributed by atoms with Crippen LogP contribution in [0.1, 0.15) is 22.8 Å². The van der Waals surface area contributed by atoms with Crippen LogP contribution >= 0.6 is 27.5 Å². The zero-order valence-corrected chi connectivity index (χ0v) is 13.4. The molecule has 0 saturated carbocycles. The number of halogens is 3. The fourth-order valence-electron chi connectivity index (χ4n) is 2.59. The minimum absolute atomic E-state index is 0.232. The van der Waals surface area contributed by atoms with Crippen molar-refractivity contribution in [3.05, 3.63) is 62.3 Å². The number of hydrogen-bond acceptors (Lipinski definition) is 2. The summed E-state index contributed by atoms with van der Waals surface area (Å²) in [6.45, 7) is 0.659. The molecule has 2 aromatic rings. The number of benzene rings is 2. The minimum Gasteiger partial charge on any atom is -0.493 e. The molecule has 0 aromatic heterocycles. The minimum atomic E-state index is -0.805. The number of hydrogen-bond donors (Lipinski definition) is 1. The molecular formula is C16H13BrClFO2. The van der Waals surface area contributed by atoms with Crippen molar-refractivity contribution in [1.82, 2.24) is 0 Å². The third kappa shape index (κ3) is 3.07. The topological polar surface area (TPSA) is 29.5 Å². The van der Waals surface area contributed by atoms with E-state index in [1.165, 1.54) is 18.2 Å². The average molecular weight is 372 g/mol. The molecule has 0 fully saturated rings. The molecule has 110 valence electrons. The van der Waals surface area contributed by atoms with Crippen molar-refractivity contribution in [3.8, 4) is 5.75 Å². The normalized spacial score (nSPS) is 14.7. The molecule has 0 amide bonds. The molecular weight excluding hydrogens is 359 g/mol. The molecule has 1 aliphatic rings. The third-order valence-corrected chi connectivity index (χ3v) is 4.35. The van der Waals surface area contributed by atoms with Crippen molar-refractivity contribution in [1.29, 1.82) is 0 Å². The van der Waals surface area contributed by atoms with E-state index in [0.717, 1.165) is 27.8 Å². The van der Waals surface area contributed by atoms with Gasteiger partial charge in [-0.25, -0.2) is 4.39 Å². The maximum absolute atomic E-state index is 13.1. The first-order valence-corrected chi connectivity index (χ1v) is 7.79. The summed E-state index contributed by atoms with van der Waals surface area (Å²) in [6.07, 6.45) is 0.433. The largest absolute Gasteiger partial charge is 0.493 e. The molecule has 2 aromatic carbocycles. The number of fused-ring (bicyclic) bond motifs is 1. The van der Waals surface area contributed by atoms with E-state index in [-0.39, 0.29) is 5.02 Å². The van der Waals surface area contributed by atoms with Crippen LogP contribution in [0.2, 0.25) is 5.02 Å². The first-order chi connectivity index (χ1) is 10.0. The van der Waals surface area contributed by atoms with Gasteiger partial charge in [-0.3, -0.25) is 0 Å². The Morgan fingerprint density at radius 1 is 1.33 bits per heavy atom. The van der Waals surface area contributed by atoms with E-state index >= 15 is 0 Å². The van der Waals surface area contributed by atoms with Crippen LogP contribution in [0.5, 0.6) is 5.75 Å². The standard InChI is InChI=1S/C16H13BrClFO2/c17-11-5-9-3-4-21-16(9)10(6-11)7-15(20)13-2-1-12(19)8-14(13)18/h1-2,5-6,8,15,20H,3-4,7H2. The van der Waals surface area contributed by atoms with E-state index < -0.39 is 11.9 Å². The van der Waals surface area contributed by atoms with Gasteiger partial charge in [-0.05, 0) is 41.0 Å². The van der Waals surface area contributed by atoms with Crippen LogP contribution in [0.4, 0.5) is 4.39 Å². The van der Waals surface area contributed by atoms with Gasteiger partial charge in [-0.15, -0.1) is 0 Å².